The maximum absolute atomic E-state index is 11.8. The zero-order valence-electron chi connectivity index (χ0n) is 17.8. The number of nitrogens with zero attached hydrogens (tertiary/aromatic N) is 4. The summed E-state index contributed by atoms with van der Waals surface area (Å²) < 4.78 is 5.09. The summed E-state index contributed by atoms with van der Waals surface area (Å²) in [7, 11) is 0. The van der Waals surface area contributed by atoms with E-state index in [9.17, 15) is 4.79 Å². The van der Waals surface area contributed by atoms with Crippen molar-refractivity contribution in [2.24, 2.45) is 4.99 Å². The van der Waals surface area contributed by atoms with Gasteiger partial charge in [0.1, 0.15) is 0 Å². The van der Waals surface area contributed by atoms with Gasteiger partial charge in [-0.05, 0) is 59.2 Å². The highest BCUT2D eigenvalue weighted by molar-refractivity contribution is 14.0. The lowest BCUT2D eigenvalue weighted by atomic mass is 10.1. The van der Waals surface area contributed by atoms with Crippen molar-refractivity contribution in [1.29, 1.82) is 0 Å². The van der Waals surface area contributed by atoms with E-state index in [4.69, 9.17) is 9.73 Å². The molecule has 2 rings (SSSR count). The van der Waals surface area contributed by atoms with Gasteiger partial charge in [0.25, 0.3) is 0 Å². The quantitative estimate of drug-likeness (QED) is 0.236. The molecule has 7 nitrogen and oxygen atoms in total. The van der Waals surface area contributed by atoms with E-state index in [1.807, 2.05) is 6.92 Å². The van der Waals surface area contributed by atoms with Crippen LogP contribution in [0.25, 0.3) is 0 Å². The molecule has 28 heavy (non-hydrogen) atoms. The van der Waals surface area contributed by atoms with Crippen molar-refractivity contribution in [3.63, 3.8) is 0 Å². The molecular formula is C20H40IN5O2. The van der Waals surface area contributed by atoms with E-state index in [-0.39, 0.29) is 30.1 Å². The number of hydrogen-bond donors (Lipinski definition) is 1. The lowest BCUT2D eigenvalue weighted by Gasteiger charge is -2.35. The average Bonchev–Trinajstić information content (AvgIpc) is 2.71. The van der Waals surface area contributed by atoms with E-state index in [0.29, 0.717) is 19.7 Å². The van der Waals surface area contributed by atoms with Gasteiger partial charge in [-0.25, -0.2) is 4.79 Å². The normalized spacial score (nSPS) is 18.6. The van der Waals surface area contributed by atoms with Gasteiger partial charge in [0.2, 0.25) is 0 Å². The highest BCUT2D eigenvalue weighted by Crippen LogP contribution is 2.10. The number of piperidine rings is 1. The predicted molar refractivity (Wildman–Crippen MR) is 126 cm³/mol. The molecule has 2 aliphatic rings. The molecule has 8 heteroatoms. The summed E-state index contributed by atoms with van der Waals surface area (Å²) in [6.45, 7) is 12.9. The van der Waals surface area contributed by atoms with Crippen molar-refractivity contribution in [3.05, 3.63) is 0 Å². The third kappa shape index (κ3) is 9.15. The molecule has 164 valence electrons. The highest BCUT2D eigenvalue weighted by atomic mass is 127. The molecule has 2 saturated heterocycles. The fourth-order valence-corrected chi connectivity index (χ4v) is 3.73. The van der Waals surface area contributed by atoms with Crippen molar-refractivity contribution in [2.75, 3.05) is 65.5 Å². The Morgan fingerprint density at radius 1 is 0.929 bits per heavy atom. The van der Waals surface area contributed by atoms with Gasteiger partial charge in [0.15, 0.2) is 5.96 Å². The fraction of sp³-hybridized carbons (Fsp3) is 0.900. The lowest BCUT2D eigenvalue weighted by Crippen LogP contribution is -2.53. The molecule has 0 spiro atoms. The molecule has 0 aromatic rings. The molecule has 0 radical (unpaired) electrons. The topological polar surface area (TPSA) is 60.4 Å². The van der Waals surface area contributed by atoms with Crippen LogP contribution in [0.5, 0.6) is 0 Å². The molecule has 0 aliphatic carbocycles. The molecule has 1 amide bonds. The predicted octanol–water partition coefficient (Wildman–Crippen LogP) is 3.00. The first-order valence-corrected chi connectivity index (χ1v) is 10.9. The lowest BCUT2D eigenvalue weighted by molar-refractivity contribution is 0.0914. The van der Waals surface area contributed by atoms with Crippen molar-refractivity contribution in [2.45, 2.75) is 52.4 Å². The number of rotatable bonds is 8. The Balaban J connectivity index is 0.00000392. The van der Waals surface area contributed by atoms with Crippen LogP contribution in [0.2, 0.25) is 0 Å². The average molecular weight is 509 g/mol. The van der Waals surface area contributed by atoms with Gasteiger partial charge < -0.3 is 24.8 Å². The third-order valence-electron chi connectivity index (χ3n) is 5.28. The van der Waals surface area contributed by atoms with Crippen LogP contribution in [-0.2, 0) is 4.74 Å². The van der Waals surface area contributed by atoms with Gasteiger partial charge in [0, 0.05) is 39.3 Å². The summed E-state index contributed by atoms with van der Waals surface area (Å²) in [4.78, 5) is 23.3. The molecule has 0 bridgehead atoms. The number of piperazine rings is 1. The number of amides is 1. The van der Waals surface area contributed by atoms with Gasteiger partial charge >= 0.3 is 6.09 Å². The van der Waals surface area contributed by atoms with Crippen LogP contribution in [0.4, 0.5) is 4.79 Å². The number of carbonyl (C=O) groups is 1. The summed E-state index contributed by atoms with van der Waals surface area (Å²) in [5.74, 6) is 0.983. The van der Waals surface area contributed by atoms with Crippen LogP contribution in [0.15, 0.2) is 4.99 Å². The molecule has 2 aliphatic heterocycles. The van der Waals surface area contributed by atoms with Crippen LogP contribution in [0, 0.1) is 0 Å². The van der Waals surface area contributed by atoms with Crippen molar-refractivity contribution >= 4 is 36.0 Å². The van der Waals surface area contributed by atoms with Crippen LogP contribution in [0.1, 0.15) is 52.4 Å². The molecule has 0 atom stereocenters. The van der Waals surface area contributed by atoms with Crippen molar-refractivity contribution in [1.82, 2.24) is 20.0 Å². The number of carbonyl (C=O) groups excluding carboxylic acids is 1. The second-order valence-corrected chi connectivity index (χ2v) is 7.37. The summed E-state index contributed by atoms with van der Waals surface area (Å²) in [5.41, 5.74) is 0. The van der Waals surface area contributed by atoms with E-state index in [1.54, 1.807) is 4.90 Å². The number of nitrogens with one attached hydrogen (secondary N) is 1. The molecular weight excluding hydrogens is 469 g/mol. The Kier molecular flexibility index (Phi) is 13.6. The standard InChI is InChI=1S/C20H39N5O2.HI/c1-3-21-19(24-15-17-25(18-16-24)20(26)27-4-2)22-11-7-5-8-12-23-13-9-6-10-14-23;/h3-18H2,1-2H3,(H,21,22);1H. The molecule has 0 aromatic heterocycles. The Hall–Kier alpha value is -0.770. The fourth-order valence-electron chi connectivity index (χ4n) is 3.73. The van der Waals surface area contributed by atoms with E-state index in [2.05, 4.69) is 22.0 Å². The van der Waals surface area contributed by atoms with Gasteiger partial charge in [0.05, 0.1) is 6.61 Å². The Labute approximate surface area is 188 Å². The van der Waals surface area contributed by atoms with Crippen molar-refractivity contribution in [3.8, 4) is 0 Å². The van der Waals surface area contributed by atoms with E-state index >= 15 is 0 Å². The number of likely N-dealkylation sites (tertiary alicyclic amines) is 1. The summed E-state index contributed by atoms with van der Waals surface area (Å²) in [5, 5.41) is 3.40. The zero-order chi connectivity index (χ0) is 19.3. The number of unbranched alkanes of at least 4 members (excludes halogenated alkanes) is 2. The zero-order valence-corrected chi connectivity index (χ0v) is 20.2. The summed E-state index contributed by atoms with van der Waals surface area (Å²) >= 11 is 0. The molecule has 1 N–H and O–H groups in total. The number of guanidine groups is 1. The van der Waals surface area contributed by atoms with Crippen LogP contribution >= 0.6 is 24.0 Å². The number of aliphatic imine (C=N–C) groups is 1. The largest absolute Gasteiger partial charge is 0.450 e. The van der Waals surface area contributed by atoms with Gasteiger partial charge in [-0.1, -0.05) is 12.8 Å². The number of ether oxygens (including phenoxy) is 1. The Bertz CT molecular complexity index is 450. The first-order chi connectivity index (χ1) is 13.2. The number of halogens is 1. The maximum Gasteiger partial charge on any atom is 0.409 e. The summed E-state index contributed by atoms with van der Waals surface area (Å²) in [6.07, 6.45) is 7.63. The molecule has 2 fully saturated rings. The first-order valence-electron chi connectivity index (χ1n) is 10.9. The van der Waals surface area contributed by atoms with Gasteiger partial charge in [-0.15, -0.1) is 24.0 Å². The molecule has 0 saturated carbocycles. The van der Waals surface area contributed by atoms with E-state index in [0.717, 1.165) is 38.6 Å². The minimum Gasteiger partial charge on any atom is -0.450 e. The second kappa shape index (κ2) is 15.1. The van der Waals surface area contributed by atoms with E-state index in [1.165, 1.54) is 51.7 Å². The van der Waals surface area contributed by atoms with Crippen LogP contribution in [-0.4, -0.2) is 92.3 Å². The third-order valence-corrected chi connectivity index (χ3v) is 5.28. The smallest absolute Gasteiger partial charge is 0.409 e. The van der Waals surface area contributed by atoms with Crippen LogP contribution < -0.4 is 5.32 Å². The van der Waals surface area contributed by atoms with Crippen LogP contribution in [0.3, 0.4) is 0 Å². The summed E-state index contributed by atoms with van der Waals surface area (Å²) in [6, 6.07) is 0. The first kappa shape index (κ1) is 25.3. The SMILES string of the molecule is CCNC(=NCCCCCN1CCCCC1)N1CCN(C(=O)OCC)CC1.I. The second-order valence-electron chi connectivity index (χ2n) is 7.37. The highest BCUT2D eigenvalue weighted by Gasteiger charge is 2.23. The minimum atomic E-state index is -0.201. The monoisotopic (exact) mass is 509 g/mol. The van der Waals surface area contributed by atoms with E-state index < -0.39 is 0 Å². The Morgan fingerprint density at radius 3 is 2.25 bits per heavy atom. The Morgan fingerprint density at radius 2 is 1.61 bits per heavy atom. The van der Waals surface area contributed by atoms with Gasteiger partial charge in [-0.3, -0.25) is 4.99 Å². The molecule has 0 aromatic carbocycles. The molecule has 0 unspecified atom stereocenters. The van der Waals surface area contributed by atoms with Crippen molar-refractivity contribution < 1.29 is 9.53 Å². The maximum atomic E-state index is 11.8. The molecule has 2 heterocycles. The van der Waals surface area contributed by atoms with Gasteiger partial charge in [-0.2, -0.15) is 0 Å². The minimum absolute atomic E-state index is 0. The number of hydrogen-bond acceptors (Lipinski definition) is 4.